The van der Waals surface area contributed by atoms with Gasteiger partial charge in [0.1, 0.15) is 0 Å². The molecule has 1 aromatic carbocycles. The molecule has 0 saturated carbocycles. The van der Waals surface area contributed by atoms with Crippen LogP contribution in [0.15, 0.2) is 28.7 Å². The van der Waals surface area contributed by atoms with Crippen molar-refractivity contribution in [3.05, 3.63) is 34.3 Å². The molecule has 1 rings (SSSR count). The third kappa shape index (κ3) is 7.44. The van der Waals surface area contributed by atoms with Gasteiger partial charge in [-0.25, -0.2) is 0 Å². The fraction of sp³-hybridized carbons (Fsp3) is 0.667. The van der Waals surface area contributed by atoms with Crippen LogP contribution >= 0.6 is 15.9 Å². The van der Waals surface area contributed by atoms with Crippen molar-refractivity contribution in [1.82, 2.24) is 0 Å². The number of nitrogens with two attached hydrogens (primary N) is 1. The van der Waals surface area contributed by atoms with Crippen molar-refractivity contribution < 1.29 is 0 Å². The van der Waals surface area contributed by atoms with E-state index in [4.69, 9.17) is 5.73 Å². The van der Waals surface area contributed by atoms with Gasteiger partial charge in [-0.15, -0.1) is 0 Å². The minimum absolute atomic E-state index is 0.629. The van der Waals surface area contributed by atoms with E-state index in [-0.39, 0.29) is 0 Å². The van der Waals surface area contributed by atoms with Crippen LogP contribution in [-0.2, 0) is 6.42 Å². The van der Waals surface area contributed by atoms with E-state index in [1.807, 2.05) is 0 Å². The minimum atomic E-state index is 0.629. The van der Waals surface area contributed by atoms with Gasteiger partial charge < -0.3 is 5.73 Å². The summed E-state index contributed by atoms with van der Waals surface area (Å²) in [7, 11) is 0. The molecule has 114 valence electrons. The highest BCUT2D eigenvalue weighted by Gasteiger charge is 2.09. The van der Waals surface area contributed by atoms with Crippen LogP contribution < -0.4 is 5.73 Å². The summed E-state index contributed by atoms with van der Waals surface area (Å²) in [6.45, 7) is 3.07. The summed E-state index contributed by atoms with van der Waals surface area (Å²) in [5, 5.41) is 0. The van der Waals surface area contributed by atoms with Gasteiger partial charge in [0, 0.05) is 4.47 Å². The minimum Gasteiger partial charge on any atom is -0.330 e. The summed E-state index contributed by atoms with van der Waals surface area (Å²) in [5.41, 5.74) is 7.33. The normalized spacial score (nSPS) is 12.6. The summed E-state index contributed by atoms with van der Waals surface area (Å²) < 4.78 is 1.22. The molecule has 0 heterocycles. The molecular formula is C18H30BrN. The average molecular weight is 340 g/mol. The van der Waals surface area contributed by atoms with E-state index < -0.39 is 0 Å². The Bertz CT molecular complexity index is 351. The predicted octanol–water partition coefficient (Wildman–Crippen LogP) is 5.71. The van der Waals surface area contributed by atoms with Crippen molar-refractivity contribution in [3.8, 4) is 0 Å². The van der Waals surface area contributed by atoms with Crippen LogP contribution in [0, 0.1) is 5.92 Å². The number of benzene rings is 1. The molecule has 0 aliphatic rings. The molecule has 0 saturated heterocycles. The molecule has 2 heteroatoms. The number of unbranched alkanes of at least 4 members (excludes halogenated alkanes) is 6. The topological polar surface area (TPSA) is 26.0 Å². The number of rotatable bonds is 11. The lowest BCUT2D eigenvalue weighted by molar-refractivity contribution is 0.455. The van der Waals surface area contributed by atoms with Gasteiger partial charge >= 0.3 is 0 Å². The van der Waals surface area contributed by atoms with Gasteiger partial charge in [-0.3, -0.25) is 0 Å². The Labute approximate surface area is 133 Å². The quantitative estimate of drug-likeness (QED) is 0.513. The summed E-state index contributed by atoms with van der Waals surface area (Å²) >= 11 is 3.63. The highest BCUT2D eigenvalue weighted by Crippen LogP contribution is 2.22. The molecule has 0 spiro atoms. The third-order valence-electron chi connectivity index (χ3n) is 4.02. The smallest absolute Gasteiger partial charge is 0.0207 e. The van der Waals surface area contributed by atoms with Gasteiger partial charge in [0.05, 0.1) is 0 Å². The molecular weight excluding hydrogens is 310 g/mol. The third-order valence-corrected chi connectivity index (χ3v) is 4.79. The van der Waals surface area contributed by atoms with Crippen molar-refractivity contribution in [3.63, 3.8) is 0 Å². The predicted molar refractivity (Wildman–Crippen MR) is 93.0 cm³/mol. The Morgan fingerprint density at radius 1 is 1.00 bits per heavy atom. The van der Waals surface area contributed by atoms with Crippen molar-refractivity contribution in [2.45, 2.75) is 64.7 Å². The first-order chi connectivity index (χ1) is 9.77. The van der Waals surface area contributed by atoms with Gasteiger partial charge in [0.25, 0.3) is 0 Å². The van der Waals surface area contributed by atoms with E-state index in [1.165, 1.54) is 61.4 Å². The summed E-state index contributed by atoms with van der Waals surface area (Å²) in [6.07, 6.45) is 12.0. The Kier molecular flexibility index (Phi) is 10.0. The van der Waals surface area contributed by atoms with Crippen LogP contribution in [0.2, 0.25) is 0 Å². The Hall–Kier alpha value is -0.340. The molecule has 0 fully saturated rings. The second-order valence-corrected chi connectivity index (χ2v) is 6.66. The van der Waals surface area contributed by atoms with Crippen molar-refractivity contribution in [2.24, 2.45) is 11.7 Å². The molecule has 2 N–H and O–H groups in total. The van der Waals surface area contributed by atoms with Gasteiger partial charge in [-0.05, 0) is 36.9 Å². The molecule has 0 amide bonds. The molecule has 1 atom stereocenters. The Morgan fingerprint density at radius 2 is 1.65 bits per heavy atom. The highest BCUT2D eigenvalue weighted by atomic mass is 79.9. The SMILES string of the molecule is CCCCCCCCCC(CN)Cc1ccccc1Br. The monoisotopic (exact) mass is 339 g/mol. The molecule has 1 nitrogen and oxygen atoms in total. The molecule has 0 aliphatic carbocycles. The van der Waals surface area contributed by atoms with Crippen LogP contribution in [0.5, 0.6) is 0 Å². The Morgan fingerprint density at radius 3 is 2.30 bits per heavy atom. The molecule has 0 aliphatic heterocycles. The molecule has 1 aromatic rings. The van der Waals surface area contributed by atoms with Crippen LogP contribution in [0.3, 0.4) is 0 Å². The average Bonchev–Trinajstić information content (AvgIpc) is 2.47. The lowest BCUT2D eigenvalue weighted by Gasteiger charge is -2.15. The van der Waals surface area contributed by atoms with Gasteiger partial charge in [0.15, 0.2) is 0 Å². The van der Waals surface area contributed by atoms with Crippen molar-refractivity contribution >= 4 is 15.9 Å². The maximum Gasteiger partial charge on any atom is 0.0207 e. The van der Waals surface area contributed by atoms with Crippen molar-refractivity contribution in [2.75, 3.05) is 6.54 Å². The molecule has 0 aromatic heterocycles. The zero-order chi connectivity index (χ0) is 14.6. The first kappa shape index (κ1) is 17.7. The second kappa shape index (κ2) is 11.3. The van der Waals surface area contributed by atoms with Crippen LogP contribution in [-0.4, -0.2) is 6.54 Å². The van der Waals surface area contributed by atoms with E-state index in [2.05, 4.69) is 47.1 Å². The largest absolute Gasteiger partial charge is 0.330 e. The second-order valence-electron chi connectivity index (χ2n) is 5.81. The zero-order valence-corrected chi connectivity index (χ0v) is 14.5. The van der Waals surface area contributed by atoms with E-state index in [0.717, 1.165) is 13.0 Å². The number of hydrogen-bond donors (Lipinski definition) is 1. The van der Waals surface area contributed by atoms with Crippen molar-refractivity contribution in [1.29, 1.82) is 0 Å². The van der Waals surface area contributed by atoms with E-state index in [0.29, 0.717) is 5.92 Å². The maximum atomic E-state index is 5.94. The molecule has 0 radical (unpaired) electrons. The van der Waals surface area contributed by atoms with Gasteiger partial charge in [-0.1, -0.05) is 86.0 Å². The Balaban J connectivity index is 2.18. The number of hydrogen-bond acceptors (Lipinski definition) is 1. The zero-order valence-electron chi connectivity index (χ0n) is 12.9. The number of halogens is 1. The van der Waals surface area contributed by atoms with Crippen LogP contribution in [0.25, 0.3) is 0 Å². The van der Waals surface area contributed by atoms with Gasteiger partial charge in [-0.2, -0.15) is 0 Å². The fourth-order valence-electron chi connectivity index (χ4n) is 2.67. The molecule has 1 unspecified atom stereocenters. The molecule has 20 heavy (non-hydrogen) atoms. The lowest BCUT2D eigenvalue weighted by Crippen LogP contribution is -2.17. The highest BCUT2D eigenvalue weighted by molar-refractivity contribution is 9.10. The standard InChI is InChI=1S/C18H30BrN/c1-2-3-4-5-6-7-8-11-16(15-20)14-17-12-9-10-13-18(17)19/h9-10,12-13,16H,2-8,11,14-15,20H2,1H3. The van der Waals surface area contributed by atoms with E-state index in [9.17, 15) is 0 Å². The van der Waals surface area contributed by atoms with Crippen LogP contribution in [0.1, 0.15) is 63.9 Å². The van der Waals surface area contributed by atoms with Crippen LogP contribution in [0.4, 0.5) is 0 Å². The summed E-state index contributed by atoms with van der Waals surface area (Å²) in [4.78, 5) is 0. The van der Waals surface area contributed by atoms with E-state index >= 15 is 0 Å². The van der Waals surface area contributed by atoms with E-state index in [1.54, 1.807) is 0 Å². The first-order valence-corrected chi connectivity index (χ1v) is 9.00. The first-order valence-electron chi connectivity index (χ1n) is 8.21. The lowest BCUT2D eigenvalue weighted by atomic mass is 9.93. The fourth-order valence-corrected chi connectivity index (χ4v) is 3.11. The van der Waals surface area contributed by atoms with Gasteiger partial charge in [0.2, 0.25) is 0 Å². The summed E-state index contributed by atoms with van der Waals surface area (Å²) in [6, 6.07) is 8.51. The maximum absolute atomic E-state index is 5.94. The molecule has 0 bridgehead atoms. The summed E-state index contributed by atoms with van der Waals surface area (Å²) in [5.74, 6) is 0.629.